The molecule has 1 aromatic rings. The molecule has 1 heterocycles. The Bertz CT molecular complexity index is 190. The largest absolute Gasteiger partial charge is 0.303 e. The first-order chi connectivity index (χ1) is 4.20. The smallest absolute Gasteiger partial charge is 0.0614 e. The molecule has 0 unspecified atom stereocenters. The molecule has 0 N–H and O–H groups in total. The van der Waals surface area contributed by atoms with E-state index in [-0.39, 0.29) is 0 Å². The van der Waals surface area contributed by atoms with E-state index in [9.17, 15) is 0 Å². The number of rotatable bonds is 1. The maximum Gasteiger partial charge on any atom is 0.0614 e. The van der Waals surface area contributed by atoms with Crippen LogP contribution in [0.15, 0.2) is 12.3 Å². The second-order valence-electron chi connectivity index (χ2n) is 2.22. The lowest BCUT2D eigenvalue weighted by molar-refractivity contribution is 0.633. The van der Waals surface area contributed by atoms with Gasteiger partial charge in [-0.2, -0.15) is 9.89 Å². The number of aryl methyl sites for hydroxylation is 1. The van der Waals surface area contributed by atoms with Gasteiger partial charge in [-0.15, -0.1) is 0 Å². The predicted molar refractivity (Wildman–Crippen MR) is 37.0 cm³/mol. The molecule has 0 saturated carbocycles. The Morgan fingerprint density at radius 1 is 1.56 bits per heavy atom. The Labute approximate surface area is 54.9 Å². The highest BCUT2D eigenvalue weighted by atomic mass is 15.6. The molecule has 0 aliphatic rings. The van der Waals surface area contributed by atoms with Gasteiger partial charge >= 0.3 is 0 Å². The zero-order valence-electron chi connectivity index (χ0n) is 6.00. The van der Waals surface area contributed by atoms with Crippen LogP contribution in [-0.2, 0) is 0 Å². The van der Waals surface area contributed by atoms with E-state index in [1.54, 1.807) is 4.79 Å². The molecule has 3 nitrogen and oxygen atoms in total. The summed E-state index contributed by atoms with van der Waals surface area (Å²) in [6.07, 6.45) is 1.93. The number of hydrogen-bond donors (Lipinski definition) is 0. The molecule has 9 heavy (non-hydrogen) atoms. The zero-order valence-corrected chi connectivity index (χ0v) is 6.00. The van der Waals surface area contributed by atoms with Crippen molar-refractivity contribution in [1.82, 2.24) is 9.89 Å². The third-order valence-electron chi connectivity index (χ3n) is 1.12. The SMILES string of the molecule is Cc1ccn(N(C)C)n1. The van der Waals surface area contributed by atoms with Crippen LogP contribution in [0.25, 0.3) is 0 Å². The van der Waals surface area contributed by atoms with Gasteiger partial charge < -0.3 is 5.01 Å². The quantitative estimate of drug-likeness (QED) is 0.541. The summed E-state index contributed by atoms with van der Waals surface area (Å²) in [5.41, 5.74) is 1.05. The van der Waals surface area contributed by atoms with E-state index in [1.807, 2.05) is 38.3 Å². The van der Waals surface area contributed by atoms with Crippen LogP contribution >= 0.6 is 0 Å². The molecule has 0 bridgehead atoms. The first-order valence-electron chi connectivity index (χ1n) is 2.90. The molecule has 0 fully saturated rings. The van der Waals surface area contributed by atoms with Crippen molar-refractivity contribution in [2.24, 2.45) is 0 Å². The van der Waals surface area contributed by atoms with Crippen LogP contribution in [0, 0.1) is 6.92 Å². The van der Waals surface area contributed by atoms with Gasteiger partial charge in [0.15, 0.2) is 0 Å². The number of aromatic nitrogens is 2. The van der Waals surface area contributed by atoms with Crippen molar-refractivity contribution in [3.8, 4) is 0 Å². The van der Waals surface area contributed by atoms with Crippen LogP contribution in [0.1, 0.15) is 5.69 Å². The summed E-state index contributed by atoms with van der Waals surface area (Å²) >= 11 is 0. The molecule has 0 saturated heterocycles. The minimum Gasteiger partial charge on any atom is -0.303 e. The molecule has 1 rings (SSSR count). The Kier molecular flexibility index (Phi) is 1.42. The third-order valence-corrected chi connectivity index (χ3v) is 1.12. The van der Waals surface area contributed by atoms with Gasteiger partial charge in [-0.25, -0.2) is 0 Å². The molecular weight excluding hydrogens is 114 g/mol. The summed E-state index contributed by atoms with van der Waals surface area (Å²) in [5.74, 6) is 0. The summed E-state index contributed by atoms with van der Waals surface area (Å²) < 4.78 is 0. The second kappa shape index (κ2) is 2.09. The molecule has 0 aliphatic carbocycles. The fraction of sp³-hybridized carbons (Fsp3) is 0.500. The molecular formula is C6H11N3. The van der Waals surface area contributed by atoms with Crippen molar-refractivity contribution >= 4 is 0 Å². The number of nitrogens with zero attached hydrogens (tertiary/aromatic N) is 3. The minimum absolute atomic E-state index is 1.05. The molecule has 0 spiro atoms. The van der Waals surface area contributed by atoms with E-state index in [4.69, 9.17) is 0 Å². The summed E-state index contributed by atoms with van der Waals surface area (Å²) in [4.78, 5) is 1.79. The molecule has 50 valence electrons. The Morgan fingerprint density at radius 2 is 2.22 bits per heavy atom. The average Bonchev–Trinajstić information content (AvgIpc) is 2.14. The zero-order chi connectivity index (χ0) is 6.85. The van der Waals surface area contributed by atoms with Gasteiger partial charge in [-0.3, -0.25) is 0 Å². The fourth-order valence-corrected chi connectivity index (χ4v) is 0.626. The second-order valence-corrected chi connectivity index (χ2v) is 2.22. The molecule has 0 amide bonds. The van der Waals surface area contributed by atoms with E-state index < -0.39 is 0 Å². The number of hydrogen-bond acceptors (Lipinski definition) is 2. The molecule has 0 radical (unpaired) electrons. The van der Waals surface area contributed by atoms with Crippen LogP contribution in [0.4, 0.5) is 0 Å². The van der Waals surface area contributed by atoms with Gasteiger partial charge in [-0.1, -0.05) is 0 Å². The molecule has 1 aromatic heterocycles. The predicted octanol–water partition coefficient (Wildman–Crippen LogP) is 0.389. The van der Waals surface area contributed by atoms with E-state index in [0.717, 1.165) is 5.69 Å². The van der Waals surface area contributed by atoms with Gasteiger partial charge in [-0.05, 0) is 13.0 Å². The van der Waals surface area contributed by atoms with Crippen LogP contribution in [0.3, 0.4) is 0 Å². The lowest BCUT2D eigenvalue weighted by Crippen LogP contribution is -2.25. The lowest BCUT2D eigenvalue weighted by Gasteiger charge is -2.10. The van der Waals surface area contributed by atoms with Crippen molar-refractivity contribution in [3.05, 3.63) is 18.0 Å². The molecule has 0 atom stereocenters. The van der Waals surface area contributed by atoms with Gasteiger partial charge in [0.25, 0.3) is 0 Å². The highest BCUT2D eigenvalue weighted by molar-refractivity contribution is 4.96. The van der Waals surface area contributed by atoms with Crippen LogP contribution in [0.2, 0.25) is 0 Å². The standard InChI is InChI=1S/C6H11N3/c1-6-4-5-9(7-6)8(2)3/h4-5H,1-3H3. The summed E-state index contributed by atoms with van der Waals surface area (Å²) in [6, 6.07) is 1.97. The van der Waals surface area contributed by atoms with Crippen LogP contribution in [-0.4, -0.2) is 24.0 Å². The summed E-state index contributed by atoms with van der Waals surface area (Å²) in [6.45, 7) is 1.97. The Morgan fingerprint density at radius 3 is 2.44 bits per heavy atom. The molecule has 0 aromatic carbocycles. The van der Waals surface area contributed by atoms with Crippen molar-refractivity contribution in [3.63, 3.8) is 0 Å². The van der Waals surface area contributed by atoms with Gasteiger partial charge in [0.1, 0.15) is 0 Å². The monoisotopic (exact) mass is 125 g/mol. The summed E-state index contributed by atoms with van der Waals surface area (Å²) in [5, 5.41) is 6.06. The Balaban J connectivity index is 2.85. The van der Waals surface area contributed by atoms with E-state index in [0.29, 0.717) is 0 Å². The maximum atomic E-state index is 4.15. The normalized spacial score (nSPS) is 9.67. The van der Waals surface area contributed by atoms with Crippen LogP contribution in [0.5, 0.6) is 0 Å². The van der Waals surface area contributed by atoms with Crippen molar-refractivity contribution in [1.29, 1.82) is 0 Å². The van der Waals surface area contributed by atoms with Crippen LogP contribution < -0.4 is 5.01 Å². The first kappa shape index (κ1) is 6.13. The third kappa shape index (κ3) is 1.22. The fourth-order valence-electron chi connectivity index (χ4n) is 0.626. The van der Waals surface area contributed by atoms with Crippen molar-refractivity contribution in [2.75, 3.05) is 19.1 Å². The van der Waals surface area contributed by atoms with Crippen molar-refractivity contribution in [2.45, 2.75) is 6.92 Å². The van der Waals surface area contributed by atoms with Gasteiger partial charge in [0, 0.05) is 20.3 Å². The van der Waals surface area contributed by atoms with Crippen molar-refractivity contribution < 1.29 is 0 Å². The van der Waals surface area contributed by atoms with Gasteiger partial charge in [0.2, 0.25) is 0 Å². The minimum atomic E-state index is 1.05. The van der Waals surface area contributed by atoms with Gasteiger partial charge in [0.05, 0.1) is 5.69 Å². The van der Waals surface area contributed by atoms with E-state index >= 15 is 0 Å². The lowest BCUT2D eigenvalue weighted by atomic mass is 10.5. The average molecular weight is 125 g/mol. The maximum absolute atomic E-state index is 4.15. The first-order valence-corrected chi connectivity index (χ1v) is 2.90. The summed E-state index contributed by atoms with van der Waals surface area (Å²) in [7, 11) is 3.90. The van der Waals surface area contributed by atoms with E-state index in [2.05, 4.69) is 5.10 Å². The highest BCUT2D eigenvalue weighted by Crippen LogP contribution is 1.90. The highest BCUT2D eigenvalue weighted by Gasteiger charge is 1.91. The molecule has 0 aliphatic heterocycles. The topological polar surface area (TPSA) is 21.1 Å². The van der Waals surface area contributed by atoms with E-state index in [1.165, 1.54) is 0 Å². The molecule has 3 heteroatoms. The Hall–Kier alpha value is -0.990.